The predicted molar refractivity (Wildman–Crippen MR) is 105 cm³/mol. The van der Waals surface area contributed by atoms with Crippen LogP contribution in [0.5, 0.6) is 0 Å². The Morgan fingerprint density at radius 1 is 1.15 bits per heavy atom. The molecule has 2 heterocycles. The average molecular weight is 393 g/mol. The molecule has 2 aromatic rings. The Balaban J connectivity index is 1.82. The number of likely N-dealkylation sites (tertiary alicyclic amines) is 1. The molecule has 7 heteroatoms. The Bertz CT molecular complexity index is 872. The van der Waals surface area contributed by atoms with Gasteiger partial charge < -0.3 is 4.90 Å². The quantitative estimate of drug-likeness (QED) is 0.851. The van der Waals surface area contributed by atoms with Gasteiger partial charge in [-0.3, -0.25) is 9.52 Å². The zero-order chi connectivity index (χ0) is 18.7. The Kier molecular flexibility index (Phi) is 5.67. The molecule has 0 aliphatic carbocycles. The molecule has 0 radical (unpaired) electrons. The number of sulfonamides is 1. The van der Waals surface area contributed by atoms with Crippen LogP contribution >= 0.6 is 11.3 Å². The minimum absolute atomic E-state index is 0.0605. The molecule has 5 nitrogen and oxygen atoms in total. The molecule has 1 amide bonds. The van der Waals surface area contributed by atoms with Gasteiger partial charge >= 0.3 is 0 Å². The van der Waals surface area contributed by atoms with Gasteiger partial charge in [0.2, 0.25) is 0 Å². The largest absolute Gasteiger partial charge is 0.338 e. The van der Waals surface area contributed by atoms with E-state index in [0.717, 1.165) is 24.8 Å². The molecule has 1 aromatic heterocycles. The predicted octanol–water partition coefficient (Wildman–Crippen LogP) is 4.12. The molecule has 0 bridgehead atoms. The fraction of sp³-hybridized carbons (Fsp3) is 0.421. The van der Waals surface area contributed by atoms with Crippen molar-refractivity contribution in [2.45, 2.75) is 38.0 Å². The molecule has 1 fully saturated rings. The number of carbonyl (C=O) groups excluding carboxylic acids is 1. The molecule has 1 aliphatic rings. The summed E-state index contributed by atoms with van der Waals surface area (Å²) < 4.78 is 28.2. The third kappa shape index (κ3) is 4.27. The highest BCUT2D eigenvalue weighted by atomic mass is 32.2. The normalized spacial score (nSPS) is 18.4. The second-order valence-corrected chi connectivity index (χ2v) is 9.48. The van der Waals surface area contributed by atoms with Crippen LogP contribution in [0.2, 0.25) is 0 Å². The molecular weight excluding hydrogens is 368 g/mol. The maximum absolute atomic E-state index is 12.9. The molecule has 0 spiro atoms. The van der Waals surface area contributed by atoms with Gasteiger partial charge in [-0.25, -0.2) is 8.42 Å². The van der Waals surface area contributed by atoms with Gasteiger partial charge in [0.05, 0.1) is 0 Å². The maximum atomic E-state index is 12.9. The van der Waals surface area contributed by atoms with Crippen LogP contribution < -0.4 is 4.72 Å². The maximum Gasteiger partial charge on any atom is 0.265 e. The van der Waals surface area contributed by atoms with Gasteiger partial charge in [0.25, 0.3) is 15.9 Å². The Labute approximate surface area is 159 Å². The van der Waals surface area contributed by atoms with Gasteiger partial charge in [-0.15, -0.1) is 11.3 Å². The summed E-state index contributed by atoms with van der Waals surface area (Å²) in [6.07, 6.45) is 3.02. The third-order valence-corrected chi connectivity index (χ3v) is 7.18. The van der Waals surface area contributed by atoms with Crippen molar-refractivity contribution in [3.63, 3.8) is 0 Å². The number of thiophene rings is 1. The summed E-state index contributed by atoms with van der Waals surface area (Å²) in [7, 11) is -3.80. The summed E-state index contributed by atoms with van der Waals surface area (Å²) in [6, 6.07) is 8.63. The molecule has 0 saturated carbocycles. The number of carbonyl (C=O) groups is 1. The van der Waals surface area contributed by atoms with E-state index in [1.807, 2.05) is 19.1 Å². The van der Waals surface area contributed by atoms with Crippen molar-refractivity contribution >= 4 is 33.0 Å². The van der Waals surface area contributed by atoms with E-state index in [4.69, 9.17) is 0 Å². The van der Waals surface area contributed by atoms with Gasteiger partial charge in [0, 0.05) is 18.8 Å². The monoisotopic (exact) mass is 392 g/mol. The Morgan fingerprint density at radius 2 is 1.88 bits per heavy atom. The van der Waals surface area contributed by atoms with E-state index in [0.29, 0.717) is 29.6 Å². The number of amides is 1. The second-order valence-electron chi connectivity index (χ2n) is 6.91. The molecule has 1 N–H and O–H groups in total. The van der Waals surface area contributed by atoms with Crippen molar-refractivity contribution in [1.29, 1.82) is 0 Å². The highest BCUT2D eigenvalue weighted by Crippen LogP contribution is 2.27. The number of benzene rings is 1. The molecule has 140 valence electrons. The van der Waals surface area contributed by atoms with Gasteiger partial charge in [-0.1, -0.05) is 24.6 Å². The van der Waals surface area contributed by atoms with Crippen molar-refractivity contribution in [2.75, 3.05) is 17.8 Å². The first-order valence-electron chi connectivity index (χ1n) is 8.83. The minimum atomic E-state index is -3.80. The van der Waals surface area contributed by atoms with Crippen LogP contribution in [0.3, 0.4) is 0 Å². The first kappa shape index (κ1) is 18.9. The first-order valence-corrected chi connectivity index (χ1v) is 11.2. The Morgan fingerprint density at radius 3 is 2.62 bits per heavy atom. The highest BCUT2D eigenvalue weighted by Gasteiger charge is 2.28. The van der Waals surface area contributed by atoms with Gasteiger partial charge in [0.1, 0.15) is 9.77 Å². The fourth-order valence-electron chi connectivity index (χ4n) is 3.11. The number of hydrogen-bond acceptors (Lipinski definition) is 4. The van der Waals surface area contributed by atoms with E-state index < -0.39 is 10.0 Å². The number of nitrogens with one attached hydrogen (secondary N) is 1. The molecule has 26 heavy (non-hydrogen) atoms. The zero-order valence-electron chi connectivity index (χ0n) is 15.1. The van der Waals surface area contributed by atoms with Crippen molar-refractivity contribution in [2.24, 2.45) is 5.92 Å². The SMILES string of the molecule is Cc1ccc(NS(=O)(=O)c2ccsc2C(=O)N2CCCC(C)CC2)cc1. The molecule has 1 aromatic carbocycles. The number of aryl methyl sites for hydroxylation is 1. The van der Waals surface area contributed by atoms with E-state index in [1.165, 1.54) is 17.4 Å². The van der Waals surface area contributed by atoms with Gasteiger partial charge in [0.15, 0.2) is 0 Å². The lowest BCUT2D eigenvalue weighted by molar-refractivity contribution is 0.0761. The second kappa shape index (κ2) is 7.80. The minimum Gasteiger partial charge on any atom is -0.338 e. The van der Waals surface area contributed by atoms with E-state index in [9.17, 15) is 13.2 Å². The number of hydrogen-bond donors (Lipinski definition) is 1. The van der Waals surface area contributed by atoms with E-state index in [1.54, 1.807) is 22.4 Å². The van der Waals surface area contributed by atoms with Crippen LogP contribution in [-0.2, 0) is 10.0 Å². The number of nitrogens with zero attached hydrogens (tertiary/aromatic N) is 1. The van der Waals surface area contributed by atoms with Crippen LogP contribution in [0, 0.1) is 12.8 Å². The van der Waals surface area contributed by atoms with Crippen molar-refractivity contribution in [1.82, 2.24) is 4.90 Å². The van der Waals surface area contributed by atoms with Crippen LogP contribution in [0.1, 0.15) is 41.4 Å². The van der Waals surface area contributed by atoms with Gasteiger partial charge in [-0.2, -0.15) is 0 Å². The molecule has 1 atom stereocenters. The summed E-state index contributed by atoms with van der Waals surface area (Å²) in [6.45, 7) is 5.51. The summed E-state index contributed by atoms with van der Waals surface area (Å²) in [5, 5.41) is 1.66. The zero-order valence-corrected chi connectivity index (χ0v) is 16.7. The van der Waals surface area contributed by atoms with Gasteiger partial charge in [-0.05, 0) is 55.7 Å². The summed E-state index contributed by atoms with van der Waals surface area (Å²) in [5.41, 5.74) is 1.54. The lowest BCUT2D eigenvalue weighted by atomic mass is 10.0. The molecule has 1 unspecified atom stereocenters. The summed E-state index contributed by atoms with van der Waals surface area (Å²) >= 11 is 1.19. The third-order valence-electron chi connectivity index (χ3n) is 4.72. The Hall–Kier alpha value is -1.86. The highest BCUT2D eigenvalue weighted by molar-refractivity contribution is 7.93. The van der Waals surface area contributed by atoms with Crippen molar-refractivity contribution < 1.29 is 13.2 Å². The van der Waals surface area contributed by atoms with E-state index in [-0.39, 0.29) is 10.8 Å². The first-order chi connectivity index (χ1) is 12.4. The molecule has 3 rings (SSSR count). The van der Waals surface area contributed by atoms with Crippen LogP contribution in [0.25, 0.3) is 0 Å². The molecule has 1 saturated heterocycles. The molecule has 1 aliphatic heterocycles. The lowest BCUT2D eigenvalue weighted by Crippen LogP contribution is -2.32. The standard InChI is InChI=1S/C19H24N2O3S2/c1-14-4-3-11-21(12-9-14)19(22)18-17(10-13-25-18)26(23,24)20-16-7-5-15(2)6-8-16/h5-8,10,13-14,20H,3-4,9,11-12H2,1-2H3. The van der Waals surface area contributed by atoms with Crippen molar-refractivity contribution in [3.8, 4) is 0 Å². The fourth-order valence-corrected chi connectivity index (χ4v) is 5.56. The van der Waals surface area contributed by atoms with E-state index >= 15 is 0 Å². The van der Waals surface area contributed by atoms with E-state index in [2.05, 4.69) is 11.6 Å². The average Bonchev–Trinajstić information content (AvgIpc) is 3.00. The molecular formula is C19H24N2O3S2. The lowest BCUT2D eigenvalue weighted by Gasteiger charge is -2.20. The van der Waals surface area contributed by atoms with Crippen LogP contribution in [-0.4, -0.2) is 32.3 Å². The smallest absolute Gasteiger partial charge is 0.265 e. The van der Waals surface area contributed by atoms with Crippen LogP contribution in [0.15, 0.2) is 40.6 Å². The number of rotatable bonds is 4. The topological polar surface area (TPSA) is 66.5 Å². The summed E-state index contributed by atoms with van der Waals surface area (Å²) in [5.74, 6) is 0.418. The van der Waals surface area contributed by atoms with Crippen LogP contribution in [0.4, 0.5) is 5.69 Å². The summed E-state index contributed by atoms with van der Waals surface area (Å²) in [4.78, 5) is 15.1. The number of anilines is 1. The van der Waals surface area contributed by atoms with Crippen molar-refractivity contribution in [3.05, 3.63) is 46.2 Å².